The van der Waals surface area contributed by atoms with Crippen molar-refractivity contribution in [1.82, 2.24) is 19.4 Å². The second kappa shape index (κ2) is 7.04. The molecule has 0 aliphatic carbocycles. The molecule has 0 saturated carbocycles. The van der Waals surface area contributed by atoms with Crippen LogP contribution in [0.3, 0.4) is 0 Å². The highest BCUT2D eigenvalue weighted by Gasteiger charge is 2.33. The SMILES string of the molecule is CCS(=O)(=O)c1cc(OC(C)C)cnc1-c1cn2cnc(C(F)(F)F)cc2n1. The summed E-state index contributed by atoms with van der Waals surface area (Å²) in [5.41, 5.74) is -0.965. The summed E-state index contributed by atoms with van der Waals surface area (Å²) < 4.78 is 70.4. The van der Waals surface area contributed by atoms with E-state index < -0.39 is 21.7 Å². The maximum atomic E-state index is 12.9. The van der Waals surface area contributed by atoms with Gasteiger partial charge in [0, 0.05) is 18.3 Å². The molecule has 0 spiro atoms. The van der Waals surface area contributed by atoms with Crippen molar-refractivity contribution in [2.24, 2.45) is 0 Å². The Morgan fingerprint density at radius 3 is 2.54 bits per heavy atom. The smallest absolute Gasteiger partial charge is 0.433 e. The highest BCUT2D eigenvalue weighted by molar-refractivity contribution is 7.91. The molecular formula is C17H17F3N4O3S. The quantitative estimate of drug-likeness (QED) is 0.636. The van der Waals surface area contributed by atoms with Crippen molar-refractivity contribution in [3.63, 3.8) is 0 Å². The lowest BCUT2D eigenvalue weighted by molar-refractivity contribution is -0.141. The summed E-state index contributed by atoms with van der Waals surface area (Å²) in [6.45, 7) is 5.06. The molecule has 0 saturated heterocycles. The van der Waals surface area contributed by atoms with Gasteiger partial charge in [0.1, 0.15) is 34.8 Å². The molecular weight excluding hydrogens is 397 g/mol. The number of rotatable bonds is 5. The van der Waals surface area contributed by atoms with Crippen LogP contribution < -0.4 is 4.74 Å². The number of ether oxygens (including phenoxy) is 1. The minimum absolute atomic E-state index is 0.0264. The molecule has 0 radical (unpaired) electrons. The number of sulfone groups is 1. The number of fused-ring (bicyclic) bond motifs is 1. The lowest BCUT2D eigenvalue weighted by Crippen LogP contribution is -2.10. The van der Waals surface area contributed by atoms with Crippen molar-refractivity contribution in [2.45, 2.75) is 37.9 Å². The Balaban J connectivity index is 2.17. The van der Waals surface area contributed by atoms with E-state index in [0.717, 1.165) is 12.4 Å². The number of hydrogen-bond acceptors (Lipinski definition) is 6. The number of pyridine rings is 1. The number of imidazole rings is 1. The zero-order valence-corrected chi connectivity index (χ0v) is 16.0. The second-order valence-corrected chi connectivity index (χ2v) is 8.50. The molecule has 0 amide bonds. The summed E-state index contributed by atoms with van der Waals surface area (Å²) in [7, 11) is -3.69. The van der Waals surface area contributed by atoms with Crippen LogP contribution in [0.2, 0.25) is 0 Å². The minimum atomic E-state index is -4.61. The van der Waals surface area contributed by atoms with Crippen LogP contribution >= 0.6 is 0 Å². The maximum absolute atomic E-state index is 12.9. The summed E-state index contributed by atoms with van der Waals surface area (Å²) in [5, 5.41) is 0. The highest BCUT2D eigenvalue weighted by atomic mass is 32.2. The monoisotopic (exact) mass is 414 g/mol. The van der Waals surface area contributed by atoms with Crippen molar-refractivity contribution >= 4 is 15.5 Å². The number of hydrogen-bond donors (Lipinski definition) is 0. The summed E-state index contributed by atoms with van der Waals surface area (Å²) in [6.07, 6.45) is -1.10. The number of nitrogens with zero attached hydrogens (tertiary/aromatic N) is 4. The van der Waals surface area contributed by atoms with Gasteiger partial charge in [0.2, 0.25) is 0 Å². The lowest BCUT2D eigenvalue weighted by atomic mass is 10.3. The molecule has 0 aliphatic heterocycles. The molecule has 11 heteroatoms. The van der Waals surface area contributed by atoms with Crippen LogP contribution in [0.4, 0.5) is 13.2 Å². The second-order valence-electron chi connectivity index (χ2n) is 6.25. The van der Waals surface area contributed by atoms with E-state index in [1.807, 2.05) is 0 Å². The van der Waals surface area contributed by atoms with Gasteiger partial charge >= 0.3 is 6.18 Å². The zero-order chi connectivity index (χ0) is 20.7. The van der Waals surface area contributed by atoms with Gasteiger partial charge in [-0.1, -0.05) is 6.92 Å². The molecule has 3 aromatic heterocycles. The molecule has 0 unspecified atom stereocenters. The van der Waals surface area contributed by atoms with Crippen LogP contribution in [-0.2, 0) is 16.0 Å². The standard InChI is InChI=1S/C17H17F3N4O3S/c1-4-28(25,26)13-5-11(27-10(2)3)7-21-16(13)12-8-24-9-22-14(17(18,19)20)6-15(24)23-12/h5-10H,4H2,1-3H3. The van der Waals surface area contributed by atoms with Gasteiger partial charge < -0.3 is 4.74 Å². The van der Waals surface area contributed by atoms with Crippen molar-refractivity contribution in [3.8, 4) is 17.1 Å². The Bertz CT molecular complexity index is 1120. The zero-order valence-electron chi connectivity index (χ0n) is 15.2. The topological polar surface area (TPSA) is 86.5 Å². The minimum Gasteiger partial charge on any atom is -0.489 e. The van der Waals surface area contributed by atoms with Crippen molar-refractivity contribution < 1.29 is 26.3 Å². The molecule has 7 nitrogen and oxygen atoms in total. The van der Waals surface area contributed by atoms with Gasteiger partial charge in [0.05, 0.1) is 22.9 Å². The van der Waals surface area contributed by atoms with E-state index in [0.29, 0.717) is 0 Å². The van der Waals surface area contributed by atoms with Crippen LogP contribution in [0, 0.1) is 0 Å². The molecule has 0 aliphatic rings. The summed E-state index contributed by atoms with van der Waals surface area (Å²) >= 11 is 0. The fourth-order valence-corrected chi connectivity index (χ4v) is 3.57. The van der Waals surface area contributed by atoms with E-state index in [4.69, 9.17) is 4.74 Å². The Kier molecular flexibility index (Phi) is 5.04. The average molecular weight is 414 g/mol. The molecule has 28 heavy (non-hydrogen) atoms. The van der Waals surface area contributed by atoms with E-state index in [1.54, 1.807) is 13.8 Å². The first-order chi connectivity index (χ1) is 13.0. The molecule has 3 heterocycles. The van der Waals surface area contributed by atoms with Gasteiger partial charge in [-0.15, -0.1) is 0 Å². The Morgan fingerprint density at radius 2 is 1.93 bits per heavy atom. The fourth-order valence-electron chi connectivity index (χ4n) is 2.51. The number of alkyl halides is 3. The van der Waals surface area contributed by atoms with Crippen LogP contribution in [-0.4, -0.2) is 39.6 Å². The van der Waals surface area contributed by atoms with Gasteiger partial charge in [-0.3, -0.25) is 4.40 Å². The van der Waals surface area contributed by atoms with Gasteiger partial charge in [-0.25, -0.2) is 23.4 Å². The Labute approximate surface area is 159 Å². The van der Waals surface area contributed by atoms with Gasteiger partial charge in [0.15, 0.2) is 9.84 Å². The summed E-state index contributed by atoms with van der Waals surface area (Å²) in [6, 6.07) is 2.14. The van der Waals surface area contributed by atoms with Crippen LogP contribution in [0.1, 0.15) is 26.5 Å². The number of halogens is 3. The third kappa shape index (κ3) is 3.93. The van der Waals surface area contributed by atoms with Crippen LogP contribution in [0.5, 0.6) is 5.75 Å². The van der Waals surface area contributed by atoms with E-state index in [1.165, 1.54) is 29.8 Å². The van der Waals surface area contributed by atoms with E-state index in [-0.39, 0.29) is 39.5 Å². The molecule has 3 aromatic rings. The van der Waals surface area contributed by atoms with E-state index >= 15 is 0 Å². The largest absolute Gasteiger partial charge is 0.489 e. The first kappa shape index (κ1) is 20.1. The highest BCUT2D eigenvalue weighted by Crippen LogP contribution is 2.31. The third-order valence-electron chi connectivity index (χ3n) is 3.80. The Morgan fingerprint density at radius 1 is 1.21 bits per heavy atom. The molecule has 0 atom stereocenters. The Hall–Kier alpha value is -2.69. The molecule has 0 fully saturated rings. The van der Waals surface area contributed by atoms with Crippen LogP contribution in [0.25, 0.3) is 17.0 Å². The average Bonchev–Trinajstić information content (AvgIpc) is 3.03. The van der Waals surface area contributed by atoms with Crippen molar-refractivity contribution in [2.75, 3.05) is 5.75 Å². The maximum Gasteiger partial charge on any atom is 0.433 e. The van der Waals surface area contributed by atoms with Crippen molar-refractivity contribution in [3.05, 3.63) is 36.5 Å². The molecule has 0 N–H and O–H groups in total. The predicted molar refractivity (Wildman–Crippen MR) is 94.7 cm³/mol. The first-order valence-electron chi connectivity index (χ1n) is 8.33. The molecule has 0 bridgehead atoms. The molecule has 0 aromatic carbocycles. The van der Waals surface area contributed by atoms with E-state index in [9.17, 15) is 21.6 Å². The lowest BCUT2D eigenvalue weighted by Gasteiger charge is -2.12. The first-order valence-corrected chi connectivity index (χ1v) is 9.98. The fraction of sp³-hybridized carbons (Fsp3) is 0.353. The molecule has 150 valence electrons. The van der Waals surface area contributed by atoms with E-state index in [2.05, 4.69) is 15.0 Å². The van der Waals surface area contributed by atoms with Gasteiger partial charge in [-0.05, 0) is 13.8 Å². The summed E-state index contributed by atoms with van der Waals surface area (Å²) in [4.78, 5) is 11.5. The van der Waals surface area contributed by atoms with Crippen molar-refractivity contribution in [1.29, 1.82) is 0 Å². The van der Waals surface area contributed by atoms with Crippen LogP contribution in [0.15, 0.2) is 35.7 Å². The van der Waals surface area contributed by atoms with Gasteiger partial charge in [-0.2, -0.15) is 13.2 Å². The van der Waals surface area contributed by atoms with Gasteiger partial charge in [0.25, 0.3) is 0 Å². The number of aromatic nitrogens is 4. The third-order valence-corrected chi connectivity index (χ3v) is 5.54. The normalized spacial score (nSPS) is 12.7. The molecule has 3 rings (SSSR count). The predicted octanol–water partition coefficient (Wildman–Crippen LogP) is 3.39. The summed E-state index contributed by atoms with van der Waals surface area (Å²) in [5.74, 6) is 0.0931.